The van der Waals surface area contributed by atoms with E-state index in [1.165, 1.54) is 43.5 Å². The van der Waals surface area contributed by atoms with E-state index in [1.807, 2.05) is 0 Å². The summed E-state index contributed by atoms with van der Waals surface area (Å²) < 4.78 is 11.7. The SMILES string of the molecule is COc1cc(/C=C2\C(=O)NC(=O)N(c3ccc([N+](=O)[O-])cc3)C2=O)cc(Br)c1OCc1ccc(C(=O)O)cc1. The zero-order valence-electron chi connectivity index (χ0n) is 20.0. The number of carbonyl (C=O) groups is 4. The lowest BCUT2D eigenvalue weighted by atomic mass is 10.1. The number of aromatic carboxylic acids is 1. The van der Waals surface area contributed by atoms with Crippen molar-refractivity contribution < 1.29 is 38.7 Å². The van der Waals surface area contributed by atoms with Gasteiger partial charge in [-0.25, -0.2) is 14.5 Å². The molecule has 4 amide bonds. The number of hydrogen-bond donors (Lipinski definition) is 2. The van der Waals surface area contributed by atoms with Crippen LogP contribution in [0.2, 0.25) is 0 Å². The number of hydrogen-bond acceptors (Lipinski definition) is 8. The van der Waals surface area contributed by atoms with Crippen molar-refractivity contribution in [2.24, 2.45) is 0 Å². The number of urea groups is 1. The van der Waals surface area contributed by atoms with Crippen molar-refractivity contribution in [3.8, 4) is 11.5 Å². The van der Waals surface area contributed by atoms with Crippen LogP contribution in [0.25, 0.3) is 6.08 Å². The fraction of sp³-hybridized carbons (Fsp3) is 0.0769. The Balaban J connectivity index is 1.60. The Morgan fingerprint density at radius 2 is 1.77 bits per heavy atom. The van der Waals surface area contributed by atoms with Gasteiger partial charge in [0, 0.05) is 12.1 Å². The normalized spacial score (nSPS) is 14.3. The van der Waals surface area contributed by atoms with E-state index >= 15 is 0 Å². The fourth-order valence-corrected chi connectivity index (χ4v) is 4.22. The first kappa shape index (κ1) is 27.0. The number of halogens is 1. The minimum atomic E-state index is -1.04. The molecule has 198 valence electrons. The summed E-state index contributed by atoms with van der Waals surface area (Å²) in [5, 5.41) is 22.0. The number of nitrogens with zero attached hydrogens (tertiary/aromatic N) is 2. The van der Waals surface area contributed by atoms with Gasteiger partial charge in [0.25, 0.3) is 17.5 Å². The number of benzene rings is 3. The molecule has 0 spiro atoms. The summed E-state index contributed by atoms with van der Waals surface area (Å²) in [5.74, 6) is -2.28. The maximum Gasteiger partial charge on any atom is 0.335 e. The molecule has 4 rings (SSSR count). The van der Waals surface area contributed by atoms with Gasteiger partial charge in [-0.15, -0.1) is 0 Å². The van der Waals surface area contributed by atoms with Crippen LogP contribution in [0.1, 0.15) is 21.5 Å². The molecule has 0 atom stereocenters. The highest BCUT2D eigenvalue weighted by atomic mass is 79.9. The molecule has 0 unspecified atom stereocenters. The number of nitro benzene ring substituents is 1. The summed E-state index contributed by atoms with van der Waals surface area (Å²) in [4.78, 5) is 60.1. The van der Waals surface area contributed by atoms with Gasteiger partial charge in [-0.1, -0.05) is 12.1 Å². The fourth-order valence-electron chi connectivity index (χ4n) is 3.64. The van der Waals surface area contributed by atoms with Crippen LogP contribution < -0.4 is 19.7 Å². The maximum atomic E-state index is 13.1. The molecule has 0 bridgehead atoms. The van der Waals surface area contributed by atoms with E-state index in [1.54, 1.807) is 18.2 Å². The number of ether oxygens (including phenoxy) is 2. The third-order valence-corrected chi connectivity index (χ3v) is 6.16. The number of nitrogens with one attached hydrogen (secondary N) is 1. The van der Waals surface area contributed by atoms with E-state index in [0.717, 1.165) is 12.1 Å². The number of non-ortho nitro benzene ring substituents is 1. The highest BCUT2D eigenvalue weighted by Crippen LogP contribution is 2.38. The average molecular weight is 596 g/mol. The Bertz CT molecular complexity index is 1530. The molecular weight excluding hydrogens is 578 g/mol. The van der Waals surface area contributed by atoms with Gasteiger partial charge >= 0.3 is 12.0 Å². The molecule has 0 radical (unpaired) electrons. The number of carbonyl (C=O) groups excluding carboxylic acids is 3. The largest absolute Gasteiger partial charge is 0.493 e. The molecule has 1 saturated heterocycles. The van der Waals surface area contributed by atoms with Crippen LogP contribution in [0.4, 0.5) is 16.2 Å². The molecule has 12 nitrogen and oxygen atoms in total. The lowest BCUT2D eigenvalue weighted by Gasteiger charge is -2.26. The van der Waals surface area contributed by atoms with Crippen molar-refractivity contribution in [1.29, 1.82) is 0 Å². The minimum absolute atomic E-state index is 0.0420. The number of carboxylic acids is 1. The van der Waals surface area contributed by atoms with Gasteiger partial charge in [0.15, 0.2) is 11.5 Å². The molecule has 0 aliphatic carbocycles. The van der Waals surface area contributed by atoms with Crippen molar-refractivity contribution in [3.63, 3.8) is 0 Å². The van der Waals surface area contributed by atoms with Crippen molar-refractivity contribution in [1.82, 2.24) is 5.32 Å². The molecule has 39 heavy (non-hydrogen) atoms. The molecule has 13 heteroatoms. The molecule has 3 aromatic carbocycles. The molecule has 3 aromatic rings. The lowest BCUT2D eigenvalue weighted by molar-refractivity contribution is -0.384. The highest BCUT2D eigenvalue weighted by molar-refractivity contribution is 9.10. The summed E-state index contributed by atoms with van der Waals surface area (Å²) in [6.45, 7) is 0.0997. The second-order valence-corrected chi connectivity index (χ2v) is 8.91. The number of nitro groups is 1. The van der Waals surface area contributed by atoms with Crippen LogP contribution in [0, 0.1) is 10.1 Å². The number of anilines is 1. The van der Waals surface area contributed by atoms with Gasteiger partial charge in [0.2, 0.25) is 0 Å². The molecular formula is C26H18BrN3O9. The Labute approximate surface area is 228 Å². The minimum Gasteiger partial charge on any atom is -0.493 e. The van der Waals surface area contributed by atoms with Crippen molar-refractivity contribution >= 4 is 57.2 Å². The number of barbiturate groups is 1. The van der Waals surface area contributed by atoms with Crippen LogP contribution >= 0.6 is 15.9 Å². The molecule has 1 aliphatic rings. The van der Waals surface area contributed by atoms with Gasteiger partial charge in [-0.05, 0) is 69.5 Å². The molecule has 1 heterocycles. The second kappa shape index (κ2) is 11.1. The first-order chi connectivity index (χ1) is 18.6. The van der Waals surface area contributed by atoms with Crippen LogP contribution in [0.15, 0.2) is 70.7 Å². The van der Waals surface area contributed by atoms with E-state index in [2.05, 4.69) is 21.2 Å². The number of rotatable bonds is 8. The van der Waals surface area contributed by atoms with E-state index in [-0.39, 0.29) is 34.9 Å². The lowest BCUT2D eigenvalue weighted by Crippen LogP contribution is -2.54. The van der Waals surface area contributed by atoms with Crippen molar-refractivity contribution in [2.75, 3.05) is 12.0 Å². The molecule has 2 N–H and O–H groups in total. The average Bonchev–Trinajstić information content (AvgIpc) is 2.90. The Hall–Kier alpha value is -5.04. The van der Waals surface area contributed by atoms with Gasteiger partial charge < -0.3 is 14.6 Å². The second-order valence-electron chi connectivity index (χ2n) is 8.06. The number of amides is 4. The quantitative estimate of drug-likeness (QED) is 0.167. The summed E-state index contributed by atoms with van der Waals surface area (Å²) in [6, 6.07) is 13.0. The van der Waals surface area contributed by atoms with Crippen LogP contribution in [-0.2, 0) is 16.2 Å². The topological polar surface area (TPSA) is 165 Å². The summed E-state index contributed by atoms with van der Waals surface area (Å²) in [6.07, 6.45) is 1.27. The third kappa shape index (κ3) is 5.78. The summed E-state index contributed by atoms with van der Waals surface area (Å²) in [7, 11) is 1.40. The highest BCUT2D eigenvalue weighted by Gasteiger charge is 2.37. The first-order valence-electron chi connectivity index (χ1n) is 11.1. The standard InChI is InChI=1S/C26H18BrN3O9/c1-38-21-12-15(11-20(27)22(21)39-13-14-2-4-16(5-3-14)25(33)34)10-19-23(31)28-26(35)29(24(19)32)17-6-8-18(9-7-17)30(36)37/h2-12H,13H2,1H3,(H,33,34)(H,28,31,35)/b19-10+. The summed E-state index contributed by atoms with van der Waals surface area (Å²) in [5.41, 5.74) is 0.681. The van der Waals surface area contributed by atoms with Gasteiger partial charge in [0.1, 0.15) is 12.2 Å². The zero-order valence-corrected chi connectivity index (χ0v) is 21.6. The first-order valence-corrected chi connectivity index (χ1v) is 11.9. The van der Waals surface area contributed by atoms with Crippen molar-refractivity contribution in [3.05, 3.63) is 97.5 Å². The van der Waals surface area contributed by atoms with Crippen LogP contribution in [0.3, 0.4) is 0 Å². The van der Waals surface area contributed by atoms with Crippen LogP contribution in [-0.4, -0.2) is 41.0 Å². The number of methoxy groups -OCH3 is 1. The van der Waals surface area contributed by atoms with Crippen LogP contribution in [0.5, 0.6) is 11.5 Å². The predicted octanol–water partition coefficient (Wildman–Crippen LogP) is 4.31. The molecule has 0 aromatic heterocycles. The van der Waals surface area contributed by atoms with E-state index < -0.39 is 28.7 Å². The Morgan fingerprint density at radius 3 is 2.36 bits per heavy atom. The van der Waals surface area contributed by atoms with Crippen molar-refractivity contribution in [2.45, 2.75) is 6.61 Å². The third-order valence-electron chi connectivity index (χ3n) is 5.57. The van der Waals surface area contributed by atoms with E-state index in [0.29, 0.717) is 26.2 Å². The summed E-state index contributed by atoms with van der Waals surface area (Å²) >= 11 is 3.40. The monoisotopic (exact) mass is 595 g/mol. The van der Waals surface area contributed by atoms with Gasteiger partial charge in [-0.2, -0.15) is 0 Å². The number of carboxylic acid groups (broad SMARTS) is 1. The molecule has 0 saturated carbocycles. The van der Waals surface area contributed by atoms with Gasteiger partial charge in [0.05, 0.1) is 27.8 Å². The molecule has 1 aliphatic heterocycles. The Morgan fingerprint density at radius 1 is 1.10 bits per heavy atom. The smallest absolute Gasteiger partial charge is 0.335 e. The van der Waals surface area contributed by atoms with E-state index in [4.69, 9.17) is 14.6 Å². The zero-order chi connectivity index (χ0) is 28.3. The predicted molar refractivity (Wildman–Crippen MR) is 141 cm³/mol. The number of imide groups is 2. The maximum absolute atomic E-state index is 13.1. The Kier molecular flexibility index (Phi) is 7.72. The molecule has 1 fully saturated rings. The van der Waals surface area contributed by atoms with Gasteiger partial charge in [-0.3, -0.25) is 25.0 Å². The van der Waals surface area contributed by atoms with E-state index in [9.17, 15) is 29.3 Å².